The van der Waals surface area contributed by atoms with E-state index in [4.69, 9.17) is 15.2 Å². The average Bonchev–Trinajstić information content (AvgIpc) is 2.55. The molecule has 0 saturated carbocycles. The van der Waals surface area contributed by atoms with Crippen molar-refractivity contribution >= 4 is 6.09 Å². The van der Waals surface area contributed by atoms with Crippen molar-refractivity contribution in [3.63, 3.8) is 0 Å². The minimum atomic E-state index is -4.32. The normalized spacial score (nSPS) is 11.2. The number of aryl methyl sites for hydroxylation is 1. The van der Waals surface area contributed by atoms with E-state index in [0.717, 1.165) is 23.3 Å². The first-order valence-electron chi connectivity index (χ1n) is 7.44. The Balaban J connectivity index is 1.94. The van der Waals surface area contributed by atoms with Crippen molar-refractivity contribution in [2.45, 2.75) is 19.0 Å². The van der Waals surface area contributed by atoms with Gasteiger partial charge in [-0.2, -0.15) is 13.2 Å². The molecule has 2 aromatic carbocycles. The molecule has 4 nitrogen and oxygen atoms in total. The van der Waals surface area contributed by atoms with Gasteiger partial charge in [0.1, 0.15) is 0 Å². The Bertz CT molecular complexity index is 727. The number of ether oxygens (including phenoxy) is 2. The lowest BCUT2D eigenvalue weighted by atomic mass is 10.0. The van der Waals surface area contributed by atoms with E-state index in [-0.39, 0.29) is 5.75 Å². The van der Waals surface area contributed by atoms with Gasteiger partial charge < -0.3 is 15.2 Å². The van der Waals surface area contributed by atoms with Crippen LogP contribution in [0.3, 0.4) is 0 Å². The van der Waals surface area contributed by atoms with Gasteiger partial charge >= 0.3 is 12.3 Å². The van der Waals surface area contributed by atoms with Crippen LogP contribution in [0.4, 0.5) is 18.0 Å². The van der Waals surface area contributed by atoms with Gasteiger partial charge in [-0.15, -0.1) is 0 Å². The van der Waals surface area contributed by atoms with Gasteiger partial charge in [0.2, 0.25) is 0 Å². The lowest BCUT2D eigenvalue weighted by Gasteiger charge is -2.10. The van der Waals surface area contributed by atoms with E-state index in [1.165, 1.54) is 19.2 Å². The zero-order valence-corrected chi connectivity index (χ0v) is 13.5. The number of alkyl halides is 3. The lowest BCUT2D eigenvalue weighted by Crippen LogP contribution is -2.16. The van der Waals surface area contributed by atoms with Crippen LogP contribution in [0.15, 0.2) is 42.5 Å². The summed E-state index contributed by atoms with van der Waals surface area (Å²) in [5, 5.41) is 0. The molecule has 0 aliphatic carbocycles. The molecule has 2 N–H and O–H groups in total. The fraction of sp³-hybridized carbons (Fsp3) is 0.222. The fourth-order valence-corrected chi connectivity index (χ4v) is 2.27. The van der Waals surface area contributed by atoms with E-state index in [2.05, 4.69) is 0 Å². The van der Waals surface area contributed by atoms with Crippen molar-refractivity contribution in [3.8, 4) is 11.5 Å². The Kier molecular flexibility index (Phi) is 5.90. The van der Waals surface area contributed by atoms with E-state index in [0.29, 0.717) is 18.6 Å². The number of halogens is 3. The van der Waals surface area contributed by atoms with E-state index >= 15 is 0 Å². The number of methoxy groups -OCH3 is 1. The number of hydrogen-bond acceptors (Lipinski definition) is 3. The lowest BCUT2D eigenvalue weighted by molar-refractivity contribution is -0.137. The van der Waals surface area contributed by atoms with Crippen molar-refractivity contribution in [3.05, 3.63) is 65.6 Å². The maximum atomic E-state index is 12.5. The topological polar surface area (TPSA) is 61.6 Å². The number of hydrogen-bond donors (Lipinski definition) is 1. The summed E-state index contributed by atoms with van der Waals surface area (Å²) in [5.41, 5.74) is 5.96. The third-order valence-corrected chi connectivity index (χ3v) is 3.49. The Hall–Kier alpha value is -2.70. The Morgan fingerprint density at radius 1 is 1.12 bits per heavy atom. The number of benzene rings is 2. The third kappa shape index (κ3) is 5.41. The van der Waals surface area contributed by atoms with E-state index in [1.807, 2.05) is 6.42 Å². The number of rotatable bonds is 6. The van der Waals surface area contributed by atoms with Crippen LogP contribution >= 0.6 is 0 Å². The zero-order chi connectivity index (χ0) is 18.4. The van der Waals surface area contributed by atoms with E-state index in [9.17, 15) is 18.0 Å². The molecule has 25 heavy (non-hydrogen) atoms. The highest BCUT2D eigenvalue weighted by molar-refractivity contribution is 5.69. The zero-order valence-electron chi connectivity index (χ0n) is 13.5. The minimum Gasteiger partial charge on any atom is -0.493 e. The molecule has 0 atom stereocenters. The van der Waals surface area contributed by atoms with Gasteiger partial charge in [-0.25, -0.2) is 4.79 Å². The van der Waals surface area contributed by atoms with Crippen molar-refractivity contribution in [1.29, 1.82) is 0 Å². The molecule has 1 radical (unpaired) electrons. The van der Waals surface area contributed by atoms with Crippen molar-refractivity contribution in [2.75, 3.05) is 7.11 Å². The van der Waals surface area contributed by atoms with Crippen molar-refractivity contribution in [1.82, 2.24) is 0 Å². The molecule has 0 saturated heterocycles. The Labute approximate surface area is 143 Å². The van der Waals surface area contributed by atoms with Crippen molar-refractivity contribution in [2.24, 2.45) is 5.73 Å². The molecule has 0 aliphatic heterocycles. The summed E-state index contributed by atoms with van der Waals surface area (Å²) in [5.74, 6) is 0.581. The van der Waals surface area contributed by atoms with E-state index < -0.39 is 17.8 Å². The van der Waals surface area contributed by atoms with Crippen LogP contribution in [0.25, 0.3) is 0 Å². The van der Waals surface area contributed by atoms with Gasteiger partial charge in [-0.3, -0.25) is 0 Å². The predicted octanol–water partition coefficient (Wildman–Crippen LogP) is 4.36. The predicted molar refractivity (Wildman–Crippen MR) is 86.4 cm³/mol. The molecule has 133 valence electrons. The summed E-state index contributed by atoms with van der Waals surface area (Å²) in [6.07, 6.45) is -2.12. The molecule has 0 fully saturated rings. The first-order valence-corrected chi connectivity index (χ1v) is 7.44. The quantitative estimate of drug-likeness (QED) is 0.840. The van der Waals surface area contributed by atoms with Crippen LogP contribution in [0.5, 0.6) is 11.5 Å². The summed E-state index contributed by atoms with van der Waals surface area (Å²) < 4.78 is 47.5. The molecule has 1 amide bonds. The largest absolute Gasteiger partial charge is 0.493 e. The monoisotopic (exact) mass is 352 g/mol. The second-order valence-corrected chi connectivity index (χ2v) is 5.27. The van der Waals surface area contributed by atoms with Crippen molar-refractivity contribution < 1.29 is 27.4 Å². The summed E-state index contributed by atoms with van der Waals surface area (Å²) in [6.45, 7) is 0. The van der Waals surface area contributed by atoms with Gasteiger partial charge in [0, 0.05) is 0 Å². The smallest absolute Gasteiger partial charge is 0.416 e. The number of nitrogens with two attached hydrogens (primary N) is 1. The molecule has 0 heterocycles. The number of primary amides is 1. The summed E-state index contributed by atoms with van der Waals surface area (Å²) >= 11 is 0. The second-order valence-electron chi connectivity index (χ2n) is 5.27. The second kappa shape index (κ2) is 7.92. The van der Waals surface area contributed by atoms with Crippen LogP contribution < -0.4 is 15.2 Å². The Morgan fingerprint density at radius 3 is 2.36 bits per heavy atom. The SMILES string of the molecule is COc1cc([CH]CCc2ccc(C(F)(F)F)cc2)ccc1OC(N)=O. The molecule has 0 unspecified atom stereocenters. The molecule has 7 heteroatoms. The molecular formula is C18H17F3NO3. The molecule has 2 rings (SSSR count). The Morgan fingerprint density at radius 2 is 1.80 bits per heavy atom. The van der Waals surface area contributed by atoms with Gasteiger partial charge in [-0.05, 0) is 54.7 Å². The summed E-state index contributed by atoms with van der Waals surface area (Å²) in [6, 6.07) is 10.1. The number of amides is 1. The fourth-order valence-electron chi connectivity index (χ4n) is 2.27. The first kappa shape index (κ1) is 18.6. The maximum Gasteiger partial charge on any atom is 0.416 e. The van der Waals surface area contributed by atoms with Gasteiger partial charge in [0.15, 0.2) is 11.5 Å². The number of carbonyl (C=O) groups is 1. The molecule has 0 aliphatic rings. The van der Waals surface area contributed by atoms with Gasteiger partial charge in [0.25, 0.3) is 0 Å². The molecule has 0 spiro atoms. The standard InChI is InChI=1S/C18H17F3NO3/c1-24-16-11-13(7-10-15(16)25-17(22)23)4-2-3-12-5-8-14(9-6-12)18(19,20)21/h4-11H,2-3H2,1H3,(H2,22,23). The van der Waals surface area contributed by atoms with Crippen LogP contribution in [-0.2, 0) is 12.6 Å². The van der Waals surface area contributed by atoms with Gasteiger partial charge in [-0.1, -0.05) is 18.2 Å². The molecule has 0 bridgehead atoms. The van der Waals surface area contributed by atoms with Crippen LogP contribution in [0.2, 0.25) is 0 Å². The van der Waals surface area contributed by atoms with Crippen LogP contribution in [0, 0.1) is 6.42 Å². The first-order chi connectivity index (χ1) is 11.8. The minimum absolute atomic E-state index is 0.217. The van der Waals surface area contributed by atoms with Crippen LogP contribution in [0.1, 0.15) is 23.1 Å². The third-order valence-electron chi connectivity index (χ3n) is 3.49. The van der Waals surface area contributed by atoms with E-state index in [1.54, 1.807) is 18.2 Å². The summed E-state index contributed by atoms with van der Waals surface area (Å²) in [4.78, 5) is 10.8. The number of carbonyl (C=O) groups excluding carboxylic acids is 1. The highest BCUT2D eigenvalue weighted by Gasteiger charge is 2.29. The molecule has 2 aromatic rings. The molecular weight excluding hydrogens is 335 g/mol. The van der Waals surface area contributed by atoms with Crippen LogP contribution in [-0.4, -0.2) is 13.2 Å². The highest BCUT2D eigenvalue weighted by Crippen LogP contribution is 2.30. The highest BCUT2D eigenvalue weighted by atomic mass is 19.4. The average molecular weight is 352 g/mol. The molecule has 0 aromatic heterocycles. The maximum absolute atomic E-state index is 12.5. The summed E-state index contributed by atoms with van der Waals surface area (Å²) in [7, 11) is 1.44. The van der Waals surface area contributed by atoms with Gasteiger partial charge in [0.05, 0.1) is 12.7 Å².